The molecule has 0 unspecified atom stereocenters. The minimum Gasteiger partial charge on any atom is -0.406 e. The minimum atomic E-state index is -4.72. The van der Waals surface area contributed by atoms with Crippen molar-refractivity contribution in [2.24, 2.45) is 7.05 Å². The van der Waals surface area contributed by atoms with E-state index in [4.69, 9.17) is 4.98 Å². The Balaban J connectivity index is 1.74. The van der Waals surface area contributed by atoms with Crippen molar-refractivity contribution in [2.75, 3.05) is 5.32 Å². The van der Waals surface area contributed by atoms with Crippen molar-refractivity contribution in [3.8, 4) is 17.0 Å². The zero-order chi connectivity index (χ0) is 20.6. The van der Waals surface area contributed by atoms with Crippen LogP contribution in [0.5, 0.6) is 5.75 Å². The Kier molecular flexibility index (Phi) is 4.62. The molecule has 0 atom stereocenters. The predicted molar refractivity (Wildman–Crippen MR) is 105 cm³/mol. The Labute approximate surface area is 164 Å². The first-order chi connectivity index (χ1) is 13.8. The summed E-state index contributed by atoms with van der Waals surface area (Å²) < 4.78 is 42.8. The third-order valence-corrected chi connectivity index (χ3v) is 4.43. The molecule has 2 aromatic carbocycles. The van der Waals surface area contributed by atoms with Gasteiger partial charge in [0, 0.05) is 18.3 Å². The highest BCUT2D eigenvalue weighted by molar-refractivity contribution is 5.95. The van der Waals surface area contributed by atoms with Crippen molar-refractivity contribution in [3.05, 3.63) is 66.4 Å². The summed E-state index contributed by atoms with van der Waals surface area (Å²) in [6, 6.07) is 17.2. The minimum absolute atomic E-state index is 0.281. The summed E-state index contributed by atoms with van der Waals surface area (Å²) in [4.78, 5) is 4.75. The third-order valence-electron chi connectivity index (χ3n) is 4.43. The molecule has 5 nitrogen and oxygen atoms in total. The van der Waals surface area contributed by atoms with Crippen LogP contribution in [0.15, 0.2) is 60.7 Å². The molecule has 0 saturated carbocycles. The molecule has 2 heterocycles. The van der Waals surface area contributed by atoms with Crippen molar-refractivity contribution in [3.63, 3.8) is 0 Å². The molecule has 0 aliphatic carbocycles. The second-order valence-corrected chi connectivity index (χ2v) is 6.52. The van der Waals surface area contributed by atoms with E-state index in [9.17, 15) is 13.2 Å². The monoisotopic (exact) mass is 398 g/mol. The van der Waals surface area contributed by atoms with Crippen LogP contribution in [0.1, 0.15) is 5.69 Å². The first-order valence-corrected chi connectivity index (χ1v) is 8.83. The first kappa shape index (κ1) is 18.8. The Morgan fingerprint density at radius 1 is 1.00 bits per heavy atom. The van der Waals surface area contributed by atoms with Crippen LogP contribution in [0.3, 0.4) is 0 Å². The van der Waals surface area contributed by atoms with Crippen molar-refractivity contribution in [1.82, 2.24) is 14.8 Å². The fourth-order valence-electron chi connectivity index (χ4n) is 3.20. The fraction of sp³-hybridized carbons (Fsp3) is 0.143. The number of aryl methyl sites for hydroxylation is 2. The highest BCUT2D eigenvalue weighted by Crippen LogP contribution is 2.32. The highest BCUT2D eigenvalue weighted by atomic mass is 19.4. The van der Waals surface area contributed by atoms with Gasteiger partial charge in [0.25, 0.3) is 0 Å². The standard InChI is InChI=1S/C21H17F3N4O/c1-13-19-18(28(2)27-13)12-17(14-6-4-3-5-7-14)26-20(19)25-15-8-10-16(11-9-15)29-21(22,23)24/h3-12H,1-2H3,(H,25,26). The zero-order valence-corrected chi connectivity index (χ0v) is 15.7. The number of aromatic nitrogens is 3. The maximum atomic E-state index is 12.4. The number of anilines is 2. The molecular formula is C21H17F3N4O. The van der Waals surface area contributed by atoms with E-state index in [1.807, 2.05) is 50.4 Å². The Bertz CT molecular complexity index is 1150. The Morgan fingerprint density at radius 3 is 2.34 bits per heavy atom. The summed E-state index contributed by atoms with van der Waals surface area (Å²) in [5.74, 6) is 0.299. The number of benzene rings is 2. The second kappa shape index (κ2) is 7.12. The number of nitrogens with one attached hydrogen (secondary N) is 1. The summed E-state index contributed by atoms with van der Waals surface area (Å²) in [7, 11) is 1.86. The first-order valence-electron chi connectivity index (χ1n) is 8.83. The lowest BCUT2D eigenvalue weighted by Gasteiger charge is -2.12. The number of halogens is 3. The number of nitrogens with zero attached hydrogens (tertiary/aromatic N) is 3. The molecule has 148 valence electrons. The fourth-order valence-corrected chi connectivity index (χ4v) is 3.20. The topological polar surface area (TPSA) is 52.0 Å². The van der Waals surface area contributed by atoms with E-state index in [0.29, 0.717) is 11.5 Å². The van der Waals surface area contributed by atoms with Gasteiger partial charge in [0.1, 0.15) is 11.6 Å². The lowest BCUT2D eigenvalue weighted by molar-refractivity contribution is -0.274. The molecule has 0 fully saturated rings. The van der Waals surface area contributed by atoms with Gasteiger partial charge in [-0.2, -0.15) is 5.10 Å². The summed E-state index contributed by atoms with van der Waals surface area (Å²) in [6.07, 6.45) is -4.72. The zero-order valence-electron chi connectivity index (χ0n) is 15.7. The van der Waals surface area contributed by atoms with Crippen molar-refractivity contribution >= 4 is 22.4 Å². The molecule has 29 heavy (non-hydrogen) atoms. The van der Waals surface area contributed by atoms with E-state index < -0.39 is 6.36 Å². The summed E-state index contributed by atoms with van der Waals surface area (Å²) in [5, 5.41) is 8.52. The van der Waals surface area contributed by atoms with Crippen LogP contribution in [0, 0.1) is 6.92 Å². The molecule has 0 aliphatic heterocycles. The van der Waals surface area contributed by atoms with Gasteiger partial charge in [-0.3, -0.25) is 4.68 Å². The molecule has 0 amide bonds. The average molecular weight is 398 g/mol. The summed E-state index contributed by atoms with van der Waals surface area (Å²) >= 11 is 0. The van der Waals surface area contributed by atoms with Gasteiger partial charge in [-0.05, 0) is 37.3 Å². The van der Waals surface area contributed by atoms with E-state index in [1.54, 1.807) is 4.68 Å². The van der Waals surface area contributed by atoms with Crippen molar-refractivity contribution < 1.29 is 17.9 Å². The van der Waals surface area contributed by atoms with Crippen LogP contribution in [-0.2, 0) is 7.05 Å². The maximum absolute atomic E-state index is 12.4. The quantitative estimate of drug-likeness (QED) is 0.487. The number of hydrogen-bond acceptors (Lipinski definition) is 4. The van der Waals surface area contributed by atoms with Crippen molar-refractivity contribution in [1.29, 1.82) is 0 Å². The molecule has 0 radical (unpaired) electrons. The number of fused-ring (bicyclic) bond motifs is 1. The number of alkyl halides is 3. The SMILES string of the molecule is Cc1nn(C)c2cc(-c3ccccc3)nc(Nc3ccc(OC(F)(F)F)cc3)c12. The number of rotatable bonds is 4. The molecule has 4 rings (SSSR count). The summed E-state index contributed by atoms with van der Waals surface area (Å²) in [5.41, 5.74) is 4.00. The third kappa shape index (κ3) is 4.01. The molecule has 2 aromatic heterocycles. The van der Waals surface area contributed by atoms with Crippen molar-refractivity contribution in [2.45, 2.75) is 13.3 Å². The highest BCUT2D eigenvalue weighted by Gasteiger charge is 2.31. The molecular weight excluding hydrogens is 381 g/mol. The normalized spacial score (nSPS) is 11.6. The van der Waals surface area contributed by atoms with Crippen LogP contribution in [-0.4, -0.2) is 21.1 Å². The van der Waals surface area contributed by atoms with Gasteiger partial charge in [-0.1, -0.05) is 30.3 Å². The molecule has 0 aliphatic rings. The summed E-state index contributed by atoms with van der Waals surface area (Å²) in [6.45, 7) is 1.89. The molecule has 1 N–H and O–H groups in total. The second-order valence-electron chi connectivity index (χ2n) is 6.52. The van der Waals surface area contributed by atoms with Crippen LogP contribution < -0.4 is 10.1 Å². The number of pyridine rings is 1. The predicted octanol–water partition coefficient (Wildman–Crippen LogP) is 5.59. The van der Waals surface area contributed by atoms with E-state index in [1.165, 1.54) is 24.3 Å². The van der Waals surface area contributed by atoms with E-state index in [0.717, 1.165) is 27.9 Å². The lowest BCUT2D eigenvalue weighted by Crippen LogP contribution is -2.16. The molecule has 8 heteroatoms. The van der Waals surface area contributed by atoms with Gasteiger partial charge < -0.3 is 10.1 Å². The van der Waals surface area contributed by atoms with E-state index in [-0.39, 0.29) is 5.75 Å². The lowest BCUT2D eigenvalue weighted by atomic mass is 10.1. The van der Waals surface area contributed by atoms with Gasteiger partial charge in [-0.15, -0.1) is 13.2 Å². The van der Waals surface area contributed by atoms with Crippen LogP contribution >= 0.6 is 0 Å². The van der Waals surface area contributed by atoms with Gasteiger partial charge in [0.05, 0.1) is 22.3 Å². The molecule has 4 aromatic rings. The van der Waals surface area contributed by atoms with E-state index in [2.05, 4.69) is 15.2 Å². The molecule has 0 spiro atoms. The van der Waals surface area contributed by atoms with Gasteiger partial charge in [0.2, 0.25) is 0 Å². The van der Waals surface area contributed by atoms with Crippen LogP contribution in [0.25, 0.3) is 22.2 Å². The van der Waals surface area contributed by atoms with Crippen LogP contribution in [0.2, 0.25) is 0 Å². The number of ether oxygens (including phenoxy) is 1. The number of hydrogen-bond donors (Lipinski definition) is 1. The van der Waals surface area contributed by atoms with Gasteiger partial charge in [0.15, 0.2) is 0 Å². The molecule has 0 saturated heterocycles. The van der Waals surface area contributed by atoms with Crippen LogP contribution in [0.4, 0.5) is 24.7 Å². The van der Waals surface area contributed by atoms with E-state index >= 15 is 0 Å². The average Bonchev–Trinajstić information content (AvgIpc) is 2.97. The van der Waals surface area contributed by atoms with Gasteiger partial charge in [-0.25, -0.2) is 4.98 Å². The molecule has 0 bridgehead atoms. The maximum Gasteiger partial charge on any atom is 0.573 e. The largest absolute Gasteiger partial charge is 0.573 e. The Hall–Kier alpha value is -3.55. The Morgan fingerprint density at radius 2 is 1.69 bits per heavy atom. The van der Waals surface area contributed by atoms with Gasteiger partial charge >= 0.3 is 6.36 Å². The smallest absolute Gasteiger partial charge is 0.406 e.